The molecular weight excluding hydrogens is 366 g/mol. The Bertz CT molecular complexity index is 737. The Hall–Kier alpha value is -2.43. The first-order valence-corrected chi connectivity index (χ1v) is 10.6. The first-order chi connectivity index (χ1) is 14.1. The van der Waals surface area contributed by atoms with Crippen LogP contribution < -0.4 is 19.5 Å². The van der Waals surface area contributed by atoms with Crippen LogP contribution in [0.15, 0.2) is 29.9 Å². The molecule has 2 bridgehead atoms. The summed E-state index contributed by atoms with van der Waals surface area (Å²) in [7, 11) is 4.86. The van der Waals surface area contributed by atoms with Crippen LogP contribution in [0, 0.1) is 0 Å². The highest BCUT2D eigenvalue weighted by Crippen LogP contribution is 2.44. The van der Waals surface area contributed by atoms with E-state index in [1.165, 1.54) is 32.1 Å². The van der Waals surface area contributed by atoms with Gasteiger partial charge in [-0.25, -0.2) is 0 Å². The number of allylic oxidation sites excluding steroid dienone is 3. The minimum absolute atomic E-state index is 0.160. The Morgan fingerprint density at radius 2 is 1.52 bits per heavy atom. The number of carbonyl (C=O) groups excluding carboxylic acids is 1. The van der Waals surface area contributed by atoms with Crippen molar-refractivity contribution < 1.29 is 19.0 Å². The molecule has 0 aromatic heterocycles. The molecule has 1 N–H and O–H groups in total. The summed E-state index contributed by atoms with van der Waals surface area (Å²) >= 11 is 0. The van der Waals surface area contributed by atoms with Crippen LogP contribution in [0.25, 0.3) is 0 Å². The quantitative estimate of drug-likeness (QED) is 0.692. The maximum absolute atomic E-state index is 12.7. The normalized spacial score (nSPS) is 19.7. The van der Waals surface area contributed by atoms with Gasteiger partial charge in [0.1, 0.15) is 5.75 Å². The van der Waals surface area contributed by atoms with Gasteiger partial charge in [-0.1, -0.05) is 50.3 Å². The second kappa shape index (κ2) is 12.2. The maximum atomic E-state index is 12.7. The van der Waals surface area contributed by atoms with Crippen LogP contribution in [0.4, 0.5) is 5.69 Å². The molecule has 0 fully saturated rings. The van der Waals surface area contributed by atoms with Gasteiger partial charge in [0.25, 0.3) is 5.91 Å². The van der Waals surface area contributed by atoms with Gasteiger partial charge >= 0.3 is 0 Å². The summed E-state index contributed by atoms with van der Waals surface area (Å²) in [5, 5.41) is 2.98. The third-order valence-corrected chi connectivity index (χ3v) is 5.31. The lowest BCUT2D eigenvalue weighted by Crippen LogP contribution is -2.14. The number of ether oxygens (including phenoxy) is 3. The second-order valence-corrected chi connectivity index (χ2v) is 7.42. The average molecular weight is 402 g/mol. The lowest BCUT2D eigenvalue weighted by atomic mass is 10.0. The van der Waals surface area contributed by atoms with Gasteiger partial charge in [-0.05, 0) is 32.6 Å². The first-order valence-electron chi connectivity index (χ1n) is 10.6. The van der Waals surface area contributed by atoms with Crippen molar-refractivity contribution in [2.24, 2.45) is 0 Å². The van der Waals surface area contributed by atoms with Crippen LogP contribution >= 0.6 is 0 Å². The van der Waals surface area contributed by atoms with Gasteiger partial charge in [-0.15, -0.1) is 0 Å². The van der Waals surface area contributed by atoms with Gasteiger partial charge in [0.2, 0.25) is 0 Å². The highest BCUT2D eigenvalue weighted by molar-refractivity contribution is 6.04. The Morgan fingerprint density at radius 1 is 0.862 bits per heavy atom. The van der Waals surface area contributed by atoms with Crippen LogP contribution in [-0.2, 0) is 11.2 Å². The molecule has 0 saturated heterocycles. The molecule has 29 heavy (non-hydrogen) atoms. The molecule has 1 heterocycles. The zero-order valence-corrected chi connectivity index (χ0v) is 18.3. The SMILES string of the molecule is COc1cc2c(OC)c(c1OC)CCCCCCCCC/C=C\C=C(/C)C(=O)N2. The van der Waals surface area contributed by atoms with E-state index in [-0.39, 0.29) is 5.91 Å². The fraction of sp³-hybridized carbons (Fsp3) is 0.542. The number of rotatable bonds is 3. The zero-order chi connectivity index (χ0) is 21.1. The van der Waals surface area contributed by atoms with E-state index in [1.807, 2.05) is 19.1 Å². The predicted molar refractivity (Wildman–Crippen MR) is 118 cm³/mol. The number of anilines is 1. The van der Waals surface area contributed by atoms with E-state index in [2.05, 4.69) is 11.4 Å². The van der Waals surface area contributed by atoms with Gasteiger partial charge in [-0.2, -0.15) is 0 Å². The third-order valence-electron chi connectivity index (χ3n) is 5.31. The van der Waals surface area contributed by atoms with E-state index >= 15 is 0 Å². The highest BCUT2D eigenvalue weighted by Gasteiger charge is 2.21. The molecule has 160 valence electrons. The molecule has 0 spiro atoms. The number of benzene rings is 1. The summed E-state index contributed by atoms with van der Waals surface area (Å²) in [6, 6.07) is 1.76. The molecule has 0 atom stereocenters. The molecule has 1 aromatic rings. The summed E-state index contributed by atoms with van der Waals surface area (Å²) in [5.41, 5.74) is 2.18. The van der Waals surface area contributed by atoms with E-state index in [0.29, 0.717) is 28.5 Å². The summed E-state index contributed by atoms with van der Waals surface area (Å²) in [6.45, 7) is 1.81. The number of methoxy groups -OCH3 is 3. The topological polar surface area (TPSA) is 56.8 Å². The standard InChI is InChI=1S/C24H35NO4/c1-18-15-13-11-9-7-5-6-8-10-12-14-16-19-22(28-3)20(25-24(18)26)17-21(27-2)23(19)29-4/h11,13,15,17H,5-10,12,14,16H2,1-4H3,(H,25,26)/b13-11-,18-15+. The molecular formula is C24H35NO4. The van der Waals surface area contributed by atoms with Crippen LogP contribution in [0.3, 0.4) is 0 Å². The number of hydrogen-bond acceptors (Lipinski definition) is 4. The lowest BCUT2D eigenvalue weighted by molar-refractivity contribution is -0.112. The van der Waals surface area contributed by atoms with E-state index < -0.39 is 0 Å². The molecule has 5 heteroatoms. The monoisotopic (exact) mass is 401 g/mol. The maximum Gasteiger partial charge on any atom is 0.251 e. The minimum atomic E-state index is -0.160. The minimum Gasteiger partial charge on any atom is -0.494 e. The zero-order valence-electron chi connectivity index (χ0n) is 18.3. The van der Waals surface area contributed by atoms with E-state index in [9.17, 15) is 4.79 Å². The van der Waals surface area contributed by atoms with Crippen LogP contribution in [-0.4, -0.2) is 27.2 Å². The molecule has 0 saturated carbocycles. The summed E-state index contributed by atoms with van der Waals surface area (Å²) in [4.78, 5) is 12.7. The van der Waals surface area contributed by atoms with Gasteiger partial charge in [-0.3, -0.25) is 4.79 Å². The number of hydrogen-bond donors (Lipinski definition) is 1. The summed E-state index contributed by atoms with van der Waals surface area (Å²) in [5.74, 6) is 1.74. The fourth-order valence-electron chi connectivity index (χ4n) is 3.66. The molecule has 0 aliphatic carbocycles. The predicted octanol–water partition coefficient (Wildman–Crippen LogP) is 5.83. The Labute approximate surface area is 175 Å². The number of carbonyl (C=O) groups is 1. The van der Waals surface area contributed by atoms with Gasteiger partial charge in [0, 0.05) is 17.2 Å². The van der Waals surface area contributed by atoms with Crippen LogP contribution in [0.1, 0.15) is 63.9 Å². The fourth-order valence-corrected chi connectivity index (χ4v) is 3.66. The largest absolute Gasteiger partial charge is 0.494 e. The lowest BCUT2D eigenvalue weighted by Gasteiger charge is -2.20. The van der Waals surface area contributed by atoms with Gasteiger partial charge in [0.05, 0.1) is 27.0 Å². The van der Waals surface area contributed by atoms with Crippen molar-refractivity contribution in [2.75, 3.05) is 26.6 Å². The number of amides is 1. The summed E-state index contributed by atoms with van der Waals surface area (Å²) in [6.07, 6.45) is 16.3. The van der Waals surface area contributed by atoms with E-state index in [4.69, 9.17) is 14.2 Å². The molecule has 1 amide bonds. The summed E-state index contributed by atoms with van der Waals surface area (Å²) < 4.78 is 16.9. The van der Waals surface area contributed by atoms with Crippen molar-refractivity contribution >= 4 is 11.6 Å². The Balaban J connectivity index is 2.41. The molecule has 1 aliphatic rings. The molecule has 1 aromatic carbocycles. The molecule has 2 rings (SSSR count). The molecule has 0 unspecified atom stereocenters. The van der Waals surface area contributed by atoms with Gasteiger partial charge < -0.3 is 19.5 Å². The first kappa shape index (κ1) is 22.9. The molecule has 1 aliphatic heterocycles. The third kappa shape index (κ3) is 6.55. The smallest absolute Gasteiger partial charge is 0.251 e. The van der Waals surface area contributed by atoms with Crippen molar-refractivity contribution in [3.05, 3.63) is 35.4 Å². The van der Waals surface area contributed by atoms with Crippen LogP contribution in [0.2, 0.25) is 0 Å². The van der Waals surface area contributed by atoms with Crippen molar-refractivity contribution in [3.8, 4) is 17.2 Å². The van der Waals surface area contributed by atoms with Crippen molar-refractivity contribution in [1.82, 2.24) is 0 Å². The van der Waals surface area contributed by atoms with Crippen molar-refractivity contribution in [1.29, 1.82) is 0 Å². The Morgan fingerprint density at radius 3 is 2.17 bits per heavy atom. The van der Waals surface area contributed by atoms with Crippen molar-refractivity contribution in [3.63, 3.8) is 0 Å². The van der Waals surface area contributed by atoms with Crippen LogP contribution in [0.5, 0.6) is 17.2 Å². The molecule has 0 radical (unpaired) electrons. The van der Waals surface area contributed by atoms with E-state index in [1.54, 1.807) is 27.4 Å². The Kier molecular flexibility index (Phi) is 9.62. The van der Waals surface area contributed by atoms with E-state index in [0.717, 1.165) is 31.2 Å². The highest BCUT2D eigenvalue weighted by atomic mass is 16.5. The second-order valence-electron chi connectivity index (χ2n) is 7.42. The number of fused-ring (bicyclic) bond motifs is 2. The number of nitrogens with one attached hydrogen (secondary N) is 1. The van der Waals surface area contributed by atoms with Gasteiger partial charge in [0.15, 0.2) is 11.5 Å². The molecule has 5 nitrogen and oxygen atoms in total. The van der Waals surface area contributed by atoms with Crippen molar-refractivity contribution in [2.45, 2.75) is 64.7 Å². The average Bonchev–Trinajstić information content (AvgIpc) is 2.73.